The average molecular weight is 192 g/mol. The van der Waals surface area contributed by atoms with Crippen LogP contribution < -0.4 is 4.74 Å². The number of carbonyl (C=O) groups excluding carboxylic acids is 1. The van der Waals surface area contributed by atoms with Gasteiger partial charge in [-0.05, 0) is 23.6 Å². The minimum atomic E-state index is -0.192. The zero-order chi connectivity index (χ0) is 10.6. The van der Waals surface area contributed by atoms with Crippen LogP contribution in [0.15, 0.2) is 24.3 Å². The van der Waals surface area contributed by atoms with E-state index in [0.29, 0.717) is 18.1 Å². The summed E-state index contributed by atoms with van der Waals surface area (Å²) in [5.41, 5.74) is 1.25. The molecule has 76 valence electrons. The Balaban J connectivity index is 2.69. The van der Waals surface area contributed by atoms with E-state index in [0.717, 1.165) is 0 Å². The van der Waals surface area contributed by atoms with E-state index < -0.39 is 0 Å². The molecule has 0 saturated carbocycles. The van der Waals surface area contributed by atoms with E-state index >= 15 is 0 Å². The smallest absolute Gasteiger partial charge is 0.310 e. The van der Waals surface area contributed by atoms with Gasteiger partial charge in [0, 0.05) is 6.42 Å². The van der Waals surface area contributed by atoms with Crippen molar-refractivity contribution in [1.29, 1.82) is 0 Å². The summed E-state index contributed by atoms with van der Waals surface area (Å²) >= 11 is 0. The third-order valence-electron chi connectivity index (χ3n) is 2.07. The average Bonchev–Trinajstić information content (AvgIpc) is 2.18. The molecule has 0 spiro atoms. The van der Waals surface area contributed by atoms with Crippen LogP contribution in [0.3, 0.4) is 0 Å². The molecule has 0 aliphatic heterocycles. The van der Waals surface area contributed by atoms with E-state index in [1.807, 2.05) is 24.3 Å². The van der Waals surface area contributed by atoms with Gasteiger partial charge < -0.3 is 4.74 Å². The number of benzene rings is 1. The second-order valence-electron chi connectivity index (χ2n) is 3.55. The molecular formula is C12H16O2. The van der Waals surface area contributed by atoms with Gasteiger partial charge >= 0.3 is 5.97 Å². The molecule has 0 amide bonds. The molecule has 0 unspecified atom stereocenters. The normalized spacial score (nSPS) is 10.3. The van der Waals surface area contributed by atoms with Gasteiger partial charge in [-0.1, -0.05) is 32.9 Å². The molecule has 0 bridgehead atoms. The fourth-order valence-electron chi connectivity index (χ4n) is 1.12. The molecule has 0 aromatic heterocycles. The number of ether oxygens (including phenoxy) is 1. The summed E-state index contributed by atoms with van der Waals surface area (Å²) in [7, 11) is 0. The van der Waals surface area contributed by atoms with Crippen LogP contribution in [0.25, 0.3) is 0 Å². The van der Waals surface area contributed by atoms with Gasteiger partial charge in [0.15, 0.2) is 0 Å². The molecule has 2 nitrogen and oxygen atoms in total. The van der Waals surface area contributed by atoms with Crippen molar-refractivity contribution in [2.45, 2.75) is 33.1 Å². The number of hydrogen-bond acceptors (Lipinski definition) is 2. The summed E-state index contributed by atoms with van der Waals surface area (Å²) in [4.78, 5) is 11.0. The first kappa shape index (κ1) is 10.8. The van der Waals surface area contributed by atoms with Crippen LogP contribution in [-0.2, 0) is 4.79 Å². The van der Waals surface area contributed by atoms with Crippen molar-refractivity contribution in [3.63, 3.8) is 0 Å². The van der Waals surface area contributed by atoms with Crippen LogP contribution in [0.4, 0.5) is 0 Å². The van der Waals surface area contributed by atoms with Crippen molar-refractivity contribution in [2.75, 3.05) is 0 Å². The number of hydrogen-bond donors (Lipinski definition) is 0. The molecular weight excluding hydrogens is 176 g/mol. The molecule has 1 aromatic rings. The van der Waals surface area contributed by atoms with Gasteiger partial charge in [-0.2, -0.15) is 0 Å². The Labute approximate surface area is 84.9 Å². The molecule has 0 N–H and O–H groups in total. The van der Waals surface area contributed by atoms with E-state index in [1.54, 1.807) is 6.92 Å². The summed E-state index contributed by atoms with van der Waals surface area (Å²) in [5.74, 6) is 0.939. The van der Waals surface area contributed by atoms with Crippen LogP contribution in [0, 0.1) is 0 Å². The topological polar surface area (TPSA) is 26.3 Å². The van der Waals surface area contributed by atoms with Crippen LogP contribution in [0.5, 0.6) is 5.75 Å². The highest BCUT2D eigenvalue weighted by atomic mass is 16.5. The third kappa shape index (κ3) is 2.87. The maximum absolute atomic E-state index is 11.0. The second kappa shape index (κ2) is 4.80. The van der Waals surface area contributed by atoms with Gasteiger partial charge in [0.25, 0.3) is 0 Å². The third-order valence-corrected chi connectivity index (χ3v) is 2.07. The fraction of sp³-hybridized carbons (Fsp3) is 0.417. The van der Waals surface area contributed by atoms with E-state index in [-0.39, 0.29) is 5.97 Å². The molecule has 14 heavy (non-hydrogen) atoms. The van der Waals surface area contributed by atoms with Crippen LogP contribution >= 0.6 is 0 Å². The summed E-state index contributed by atoms with van der Waals surface area (Å²) in [6.07, 6.45) is 0.409. The second-order valence-corrected chi connectivity index (χ2v) is 3.55. The molecule has 0 saturated heterocycles. The van der Waals surface area contributed by atoms with Gasteiger partial charge in [0.05, 0.1) is 0 Å². The maximum Gasteiger partial charge on any atom is 0.310 e. The standard InChI is InChI=1S/C12H16O2/c1-4-12(13)14-11-7-5-10(6-8-11)9(2)3/h5-9H,4H2,1-3H3. The van der Waals surface area contributed by atoms with Gasteiger partial charge in [0.1, 0.15) is 5.75 Å². The Morgan fingerprint density at radius 2 is 1.86 bits per heavy atom. The number of carbonyl (C=O) groups is 1. The lowest BCUT2D eigenvalue weighted by Crippen LogP contribution is -2.05. The first-order chi connectivity index (χ1) is 6.63. The Kier molecular flexibility index (Phi) is 3.69. The first-order valence-corrected chi connectivity index (χ1v) is 4.94. The predicted molar refractivity (Wildman–Crippen MR) is 56.5 cm³/mol. The summed E-state index contributed by atoms with van der Waals surface area (Å²) in [6, 6.07) is 7.65. The highest BCUT2D eigenvalue weighted by Crippen LogP contribution is 2.18. The van der Waals surface area contributed by atoms with E-state index in [4.69, 9.17) is 4.74 Å². The monoisotopic (exact) mass is 192 g/mol. The molecule has 0 aliphatic rings. The molecule has 1 aromatic carbocycles. The zero-order valence-corrected chi connectivity index (χ0v) is 8.91. The summed E-state index contributed by atoms with van der Waals surface area (Å²) in [5, 5.41) is 0. The summed E-state index contributed by atoms with van der Waals surface area (Å²) < 4.78 is 5.06. The van der Waals surface area contributed by atoms with Crippen molar-refractivity contribution in [3.05, 3.63) is 29.8 Å². The van der Waals surface area contributed by atoms with E-state index in [9.17, 15) is 4.79 Å². The minimum absolute atomic E-state index is 0.192. The summed E-state index contributed by atoms with van der Waals surface area (Å²) in [6.45, 7) is 6.05. The Bertz CT molecular complexity index is 299. The highest BCUT2D eigenvalue weighted by molar-refractivity contribution is 5.71. The van der Waals surface area contributed by atoms with Gasteiger partial charge in [-0.15, -0.1) is 0 Å². The van der Waals surface area contributed by atoms with Crippen molar-refractivity contribution in [1.82, 2.24) is 0 Å². The number of esters is 1. The Morgan fingerprint density at radius 3 is 2.29 bits per heavy atom. The zero-order valence-electron chi connectivity index (χ0n) is 8.91. The largest absolute Gasteiger partial charge is 0.427 e. The first-order valence-electron chi connectivity index (χ1n) is 4.94. The molecule has 0 atom stereocenters. The van der Waals surface area contributed by atoms with E-state index in [1.165, 1.54) is 5.56 Å². The molecule has 1 rings (SSSR count). The van der Waals surface area contributed by atoms with Crippen LogP contribution in [0.2, 0.25) is 0 Å². The number of rotatable bonds is 3. The van der Waals surface area contributed by atoms with Gasteiger partial charge in [-0.25, -0.2) is 0 Å². The van der Waals surface area contributed by atoms with Crippen molar-refractivity contribution < 1.29 is 9.53 Å². The molecule has 0 aliphatic carbocycles. The lowest BCUT2D eigenvalue weighted by atomic mass is 10.0. The minimum Gasteiger partial charge on any atom is -0.427 e. The van der Waals surface area contributed by atoms with E-state index in [2.05, 4.69) is 13.8 Å². The van der Waals surface area contributed by atoms with Crippen molar-refractivity contribution >= 4 is 5.97 Å². The van der Waals surface area contributed by atoms with Crippen molar-refractivity contribution in [3.8, 4) is 5.75 Å². The highest BCUT2D eigenvalue weighted by Gasteiger charge is 2.02. The Morgan fingerprint density at radius 1 is 1.29 bits per heavy atom. The SMILES string of the molecule is CCC(=O)Oc1ccc(C(C)C)cc1. The molecule has 2 heteroatoms. The predicted octanol–water partition coefficient (Wildman–Crippen LogP) is 3.13. The molecule has 0 heterocycles. The quantitative estimate of drug-likeness (QED) is 0.543. The molecule has 0 radical (unpaired) electrons. The lowest BCUT2D eigenvalue weighted by Gasteiger charge is -2.06. The van der Waals surface area contributed by atoms with Gasteiger partial charge in [0.2, 0.25) is 0 Å². The maximum atomic E-state index is 11.0. The van der Waals surface area contributed by atoms with Gasteiger partial charge in [-0.3, -0.25) is 4.79 Å². The van der Waals surface area contributed by atoms with Crippen LogP contribution in [0.1, 0.15) is 38.7 Å². The van der Waals surface area contributed by atoms with Crippen molar-refractivity contribution in [2.24, 2.45) is 0 Å². The van der Waals surface area contributed by atoms with Crippen LogP contribution in [-0.4, -0.2) is 5.97 Å². The Hall–Kier alpha value is -1.31. The molecule has 0 fully saturated rings. The lowest BCUT2D eigenvalue weighted by molar-refractivity contribution is -0.134. The fourth-order valence-corrected chi connectivity index (χ4v) is 1.12.